The average molecular weight is 479 g/mol. The van der Waals surface area contributed by atoms with Crippen LogP contribution in [0.5, 0.6) is 5.75 Å². The van der Waals surface area contributed by atoms with Crippen LogP contribution in [0, 0.1) is 6.92 Å². The number of Topliss-reactive ketones (excluding diaryl/α,β-unsaturated/α-hetero) is 1. The minimum Gasteiger partial charge on any atom is -0.507 e. The van der Waals surface area contributed by atoms with Crippen molar-refractivity contribution in [3.63, 3.8) is 0 Å². The summed E-state index contributed by atoms with van der Waals surface area (Å²) in [7, 11) is 0. The molecule has 0 spiro atoms. The largest absolute Gasteiger partial charge is 0.507 e. The maximum atomic E-state index is 13.2. The van der Waals surface area contributed by atoms with Crippen LogP contribution in [0.25, 0.3) is 5.76 Å². The number of carbonyl (C=O) groups excluding carboxylic acids is 2. The Balaban J connectivity index is 1.64. The number of benzene rings is 2. The van der Waals surface area contributed by atoms with Crippen LogP contribution in [-0.2, 0) is 14.3 Å². The maximum absolute atomic E-state index is 13.2. The molecule has 0 aliphatic carbocycles. The number of likely N-dealkylation sites (tertiary alicyclic amines) is 1. The molecule has 7 nitrogen and oxygen atoms in total. The van der Waals surface area contributed by atoms with E-state index in [0.29, 0.717) is 31.9 Å². The normalized spacial score (nSPS) is 20.4. The lowest BCUT2D eigenvalue weighted by molar-refractivity contribution is -0.140. The van der Waals surface area contributed by atoms with Crippen LogP contribution in [0.3, 0.4) is 0 Å². The summed E-state index contributed by atoms with van der Waals surface area (Å²) >= 11 is 0. The molecule has 2 aromatic carbocycles. The summed E-state index contributed by atoms with van der Waals surface area (Å²) in [4.78, 5) is 30.3. The van der Waals surface area contributed by atoms with Crippen LogP contribution in [0.1, 0.15) is 42.5 Å². The number of morpholine rings is 1. The van der Waals surface area contributed by atoms with Crippen molar-refractivity contribution in [2.24, 2.45) is 0 Å². The minimum absolute atomic E-state index is 0.132. The van der Waals surface area contributed by atoms with Crippen molar-refractivity contribution in [1.82, 2.24) is 9.80 Å². The molecule has 0 aromatic heterocycles. The van der Waals surface area contributed by atoms with Crippen molar-refractivity contribution in [2.45, 2.75) is 32.7 Å². The van der Waals surface area contributed by atoms with E-state index in [1.807, 2.05) is 50.2 Å². The van der Waals surface area contributed by atoms with Gasteiger partial charge in [-0.25, -0.2) is 0 Å². The molecule has 1 N–H and O–H groups in total. The number of rotatable bonds is 9. The molecule has 2 saturated heterocycles. The van der Waals surface area contributed by atoms with Gasteiger partial charge in [0.05, 0.1) is 31.4 Å². The number of hydrogen-bond acceptors (Lipinski definition) is 6. The zero-order valence-electron chi connectivity index (χ0n) is 20.5. The van der Waals surface area contributed by atoms with Gasteiger partial charge < -0.3 is 19.5 Å². The molecule has 186 valence electrons. The van der Waals surface area contributed by atoms with E-state index in [-0.39, 0.29) is 11.3 Å². The Kier molecular flexibility index (Phi) is 8.21. The average Bonchev–Trinajstić information content (AvgIpc) is 3.13. The van der Waals surface area contributed by atoms with Crippen LogP contribution in [-0.4, -0.2) is 72.6 Å². The molecule has 2 aromatic rings. The molecule has 1 unspecified atom stereocenters. The van der Waals surface area contributed by atoms with Gasteiger partial charge in [0.2, 0.25) is 0 Å². The molecule has 0 bridgehead atoms. The highest BCUT2D eigenvalue weighted by Crippen LogP contribution is 2.40. The number of aryl methyl sites for hydroxylation is 1. The van der Waals surface area contributed by atoms with Crippen molar-refractivity contribution < 1.29 is 24.2 Å². The van der Waals surface area contributed by atoms with Gasteiger partial charge in [-0.1, -0.05) is 48.9 Å². The lowest BCUT2D eigenvalue weighted by Gasteiger charge is -2.29. The van der Waals surface area contributed by atoms with E-state index < -0.39 is 17.7 Å². The number of carbonyl (C=O) groups is 2. The molecule has 0 radical (unpaired) electrons. The van der Waals surface area contributed by atoms with Crippen LogP contribution in [0.15, 0.2) is 54.1 Å². The number of hydrogen-bond donors (Lipinski definition) is 1. The van der Waals surface area contributed by atoms with Gasteiger partial charge in [-0.2, -0.15) is 0 Å². The van der Waals surface area contributed by atoms with Crippen LogP contribution in [0.4, 0.5) is 0 Å². The third kappa shape index (κ3) is 5.74. The Morgan fingerprint density at radius 1 is 1.03 bits per heavy atom. The van der Waals surface area contributed by atoms with E-state index in [9.17, 15) is 14.7 Å². The Hall–Kier alpha value is -3.16. The van der Waals surface area contributed by atoms with Crippen molar-refractivity contribution >= 4 is 17.4 Å². The Bertz CT molecular complexity index is 1060. The third-order valence-electron chi connectivity index (χ3n) is 6.51. The molecule has 7 heteroatoms. The molecule has 35 heavy (non-hydrogen) atoms. The fraction of sp³-hybridized carbons (Fsp3) is 0.429. The number of ether oxygens (including phenoxy) is 2. The van der Waals surface area contributed by atoms with Gasteiger partial charge in [-0.05, 0) is 37.5 Å². The molecule has 1 amide bonds. The Labute approximate surface area is 206 Å². The summed E-state index contributed by atoms with van der Waals surface area (Å²) in [6.07, 6.45) is 1.63. The molecule has 2 aliphatic rings. The first kappa shape index (κ1) is 24.9. The number of aliphatic hydroxyl groups is 1. The van der Waals surface area contributed by atoms with E-state index in [4.69, 9.17) is 9.47 Å². The highest BCUT2D eigenvalue weighted by atomic mass is 16.5. The Morgan fingerprint density at radius 2 is 1.71 bits per heavy atom. The second kappa shape index (κ2) is 11.5. The molecule has 1 atom stereocenters. The van der Waals surface area contributed by atoms with Crippen molar-refractivity contribution in [1.29, 1.82) is 0 Å². The van der Waals surface area contributed by atoms with Crippen molar-refractivity contribution in [3.05, 3.63) is 70.8 Å². The van der Waals surface area contributed by atoms with Crippen LogP contribution < -0.4 is 4.74 Å². The predicted molar refractivity (Wildman–Crippen MR) is 134 cm³/mol. The fourth-order valence-electron chi connectivity index (χ4n) is 4.58. The van der Waals surface area contributed by atoms with Crippen LogP contribution in [0.2, 0.25) is 0 Å². The molecular formula is C28H34N2O5. The lowest BCUT2D eigenvalue weighted by Crippen LogP contribution is -2.38. The number of nitrogens with zero attached hydrogens (tertiary/aromatic N) is 2. The summed E-state index contributed by atoms with van der Waals surface area (Å²) in [5.74, 6) is -0.628. The molecule has 4 rings (SSSR count). The zero-order valence-corrected chi connectivity index (χ0v) is 20.5. The topological polar surface area (TPSA) is 79.3 Å². The van der Waals surface area contributed by atoms with Gasteiger partial charge in [0.25, 0.3) is 11.7 Å². The molecule has 0 saturated carbocycles. The highest BCUT2D eigenvalue weighted by Gasteiger charge is 2.45. The molecule has 2 aliphatic heterocycles. The minimum atomic E-state index is -0.652. The van der Waals surface area contributed by atoms with Gasteiger partial charge in [0.15, 0.2) is 0 Å². The van der Waals surface area contributed by atoms with Crippen molar-refractivity contribution in [3.8, 4) is 5.75 Å². The summed E-state index contributed by atoms with van der Waals surface area (Å²) in [5.41, 5.74) is 2.47. The maximum Gasteiger partial charge on any atom is 0.295 e. The van der Waals surface area contributed by atoms with Gasteiger partial charge in [0, 0.05) is 31.7 Å². The molecular weight excluding hydrogens is 444 g/mol. The summed E-state index contributed by atoms with van der Waals surface area (Å²) in [5, 5.41) is 11.2. The first-order valence-electron chi connectivity index (χ1n) is 12.4. The summed E-state index contributed by atoms with van der Waals surface area (Å²) in [6, 6.07) is 14.1. The van der Waals surface area contributed by atoms with E-state index in [0.717, 1.165) is 49.4 Å². The SMILES string of the molecule is CCCOc1ccc(C2/C(=C(/O)c3ccc(C)cc3)C(=O)C(=O)N2CCCN2CCOCC2)cc1. The predicted octanol–water partition coefficient (Wildman–Crippen LogP) is 3.93. The first-order chi connectivity index (χ1) is 17.0. The standard InChI is InChI=1S/C28H34N2O5/c1-3-17-35-23-11-9-21(10-12-23)25-24(26(31)22-7-5-20(2)6-8-22)27(32)28(33)30(25)14-4-13-29-15-18-34-19-16-29/h5-12,25,31H,3-4,13-19H2,1-2H3/b26-24-. The lowest BCUT2D eigenvalue weighted by atomic mass is 9.95. The second-order valence-electron chi connectivity index (χ2n) is 9.08. The molecule has 2 heterocycles. The van der Waals surface area contributed by atoms with Gasteiger partial charge in [-0.3, -0.25) is 14.5 Å². The first-order valence-corrected chi connectivity index (χ1v) is 12.4. The van der Waals surface area contributed by atoms with Gasteiger partial charge in [0.1, 0.15) is 11.5 Å². The monoisotopic (exact) mass is 478 g/mol. The van der Waals surface area contributed by atoms with Crippen molar-refractivity contribution in [2.75, 3.05) is 46.0 Å². The second-order valence-corrected chi connectivity index (χ2v) is 9.08. The number of ketones is 1. The van der Waals surface area contributed by atoms with E-state index >= 15 is 0 Å². The summed E-state index contributed by atoms with van der Waals surface area (Å²) < 4.78 is 11.1. The molecule has 2 fully saturated rings. The zero-order chi connectivity index (χ0) is 24.8. The Morgan fingerprint density at radius 3 is 2.37 bits per heavy atom. The quantitative estimate of drug-likeness (QED) is 0.334. The van der Waals surface area contributed by atoms with Gasteiger partial charge in [-0.15, -0.1) is 0 Å². The smallest absolute Gasteiger partial charge is 0.295 e. The number of aliphatic hydroxyl groups excluding tert-OH is 1. The third-order valence-corrected chi connectivity index (χ3v) is 6.51. The summed E-state index contributed by atoms with van der Waals surface area (Å²) in [6.45, 7) is 9.03. The van der Waals surface area contributed by atoms with E-state index in [1.54, 1.807) is 17.0 Å². The van der Waals surface area contributed by atoms with E-state index in [2.05, 4.69) is 4.90 Å². The van der Waals surface area contributed by atoms with E-state index in [1.165, 1.54) is 0 Å². The van der Waals surface area contributed by atoms with Crippen LogP contribution >= 0.6 is 0 Å². The van der Waals surface area contributed by atoms with Gasteiger partial charge >= 0.3 is 0 Å². The highest BCUT2D eigenvalue weighted by molar-refractivity contribution is 6.46. The fourth-order valence-corrected chi connectivity index (χ4v) is 4.58. The number of amides is 1.